The first-order chi connectivity index (χ1) is 16.0. The molecule has 0 atom stereocenters. The van der Waals surface area contributed by atoms with Gasteiger partial charge < -0.3 is 20.1 Å². The van der Waals surface area contributed by atoms with Gasteiger partial charge in [0, 0.05) is 18.8 Å². The summed E-state index contributed by atoms with van der Waals surface area (Å²) < 4.78 is 6.63. The molecule has 2 N–H and O–H groups in total. The van der Waals surface area contributed by atoms with Gasteiger partial charge in [-0.3, -0.25) is 9.59 Å². The summed E-state index contributed by atoms with van der Waals surface area (Å²) in [6.45, 7) is 1.52. The molecular formula is C23H25N5O4S. The Kier molecular flexibility index (Phi) is 7.13. The number of phenolic OH excluding ortho intramolecular Hbond substituents is 1. The van der Waals surface area contributed by atoms with Gasteiger partial charge in [0.1, 0.15) is 18.0 Å². The lowest BCUT2D eigenvalue weighted by Gasteiger charge is -2.15. The fourth-order valence-corrected chi connectivity index (χ4v) is 4.25. The number of amides is 2. The van der Waals surface area contributed by atoms with Crippen molar-refractivity contribution in [2.45, 2.75) is 24.5 Å². The first kappa shape index (κ1) is 22.7. The maximum absolute atomic E-state index is 12.7. The number of aromatic nitrogens is 3. The van der Waals surface area contributed by atoms with Gasteiger partial charge in [0.25, 0.3) is 0 Å². The molecular weight excluding hydrogens is 442 g/mol. The fourth-order valence-electron chi connectivity index (χ4n) is 3.51. The van der Waals surface area contributed by atoms with E-state index in [0.29, 0.717) is 28.0 Å². The van der Waals surface area contributed by atoms with E-state index in [2.05, 4.69) is 15.4 Å². The van der Waals surface area contributed by atoms with Crippen molar-refractivity contribution in [3.05, 3.63) is 48.5 Å². The maximum atomic E-state index is 12.7. The molecule has 0 saturated carbocycles. The number of hydrogen-bond acceptors (Lipinski definition) is 7. The molecule has 0 bridgehead atoms. The van der Waals surface area contributed by atoms with Crippen LogP contribution in [0.3, 0.4) is 0 Å². The quantitative estimate of drug-likeness (QED) is 0.490. The number of anilines is 1. The molecule has 0 radical (unpaired) electrons. The molecule has 33 heavy (non-hydrogen) atoms. The van der Waals surface area contributed by atoms with Gasteiger partial charge in [-0.25, -0.2) is 9.67 Å². The largest absolute Gasteiger partial charge is 0.507 e. The number of hydrogen-bond donors (Lipinski definition) is 2. The first-order valence-electron chi connectivity index (χ1n) is 10.6. The Bertz CT molecular complexity index is 1130. The lowest BCUT2D eigenvalue weighted by Crippen LogP contribution is -2.31. The Morgan fingerprint density at radius 2 is 1.85 bits per heavy atom. The van der Waals surface area contributed by atoms with Gasteiger partial charge in [0.05, 0.1) is 18.4 Å². The highest BCUT2D eigenvalue weighted by Crippen LogP contribution is 2.28. The number of nitrogens with zero attached hydrogens (tertiary/aromatic N) is 4. The van der Waals surface area contributed by atoms with Crippen LogP contribution in [-0.2, 0) is 16.1 Å². The van der Waals surface area contributed by atoms with Crippen molar-refractivity contribution >= 4 is 29.3 Å². The number of methoxy groups -OCH3 is 1. The molecule has 0 unspecified atom stereocenters. The summed E-state index contributed by atoms with van der Waals surface area (Å²) in [6.07, 6.45) is 2.00. The zero-order valence-electron chi connectivity index (χ0n) is 18.2. The molecule has 1 aliphatic heterocycles. The highest BCUT2D eigenvalue weighted by Gasteiger charge is 2.22. The number of benzene rings is 2. The van der Waals surface area contributed by atoms with E-state index in [4.69, 9.17) is 4.74 Å². The molecule has 0 aliphatic carbocycles. The van der Waals surface area contributed by atoms with Gasteiger partial charge in [0.2, 0.25) is 11.8 Å². The molecule has 9 nitrogen and oxygen atoms in total. The number of nitrogens with one attached hydrogen (secondary N) is 1. The zero-order chi connectivity index (χ0) is 23.2. The minimum absolute atomic E-state index is 0.0308. The predicted octanol–water partition coefficient (Wildman–Crippen LogP) is 3.01. The molecule has 1 saturated heterocycles. The van der Waals surface area contributed by atoms with Crippen molar-refractivity contribution in [1.29, 1.82) is 0 Å². The number of phenols is 1. The lowest BCUT2D eigenvalue weighted by atomic mass is 10.2. The third-order valence-electron chi connectivity index (χ3n) is 5.23. The van der Waals surface area contributed by atoms with E-state index in [1.54, 1.807) is 55.6 Å². The van der Waals surface area contributed by atoms with E-state index >= 15 is 0 Å². The van der Waals surface area contributed by atoms with Crippen LogP contribution in [0.25, 0.3) is 11.4 Å². The summed E-state index contributed by atoms with van der Waals surface area (Å²) >= 11 is 1.19. The van der Waals surface area contributed by atoms with Gasteiger partial charge in [-0.2, -0.15) is 0 Å². The van der Waals surface area contributed by atoms with Crippen LogP contribution in [-0.4, -0.2) is 62.5 Å². The lowest BCUT2D eigenvalue weighted by molar-refractivity contribution is -0.131. The SMILES string of the molecule is COc1ccc(NC(=O)CSc2nc(-c3ccccc3O)nn2CC(=O)N2CCCC2)cc1. The number of likely N-dealkylation sites (tertiary alicyclic amines) is 1. The third-order valence-corrected chi connectivity index (χ3v) is 6.20. The summed E-state index contributed by atoms with van der Waals surface area (Å²) in [5.74, 6) is 0.896. The predicted molar refractivity (Wildman–Crippen MR) is 125 cm³/mol. The molecule has 172 valence electrons. The number of ether oxygens (including phenoxy) is 1. The molecule has 2 amide bonds. The Hall–Kier alpha value is -3.53. The van der Waals surface area contributed by atoms with Crippen LogP contribution in [0.15, 0.2) is 53.7 Å². The summed E-state index contributed by atoms with van der Waals surface area (Å²) in [7, 11) is 1.58. The van der Waals surface area contributed by atoms with Crippen molar-refractivity contribution in [3.8, 4) is 22.9 Å². The molecule has 4 rings (SSSR count). The molecule has 1 aromatic heterocycles. The Labute approximate surface area is 195 Å². The van der Waals surface area contributed by atoms with Crippen LogP contribution in [0.5, 0.6) is 11.5 Å². The van der Waals surface area contributed by atoms with E-state index in [9.17, 15) is 14.7 Å². The minimum Gasteiger partial charge on any atom is -0.507 e. The van der Waals surface area contributed by atoms with Crippen LogP contribution < -0.4 is 10.1 Å². The van der Waals surface area contributed by atoms with Crippen LogP contribution in [0, 0.1) is 0 Å². The summed E-state index contributed by atoms with van der Waals surface area (Å²) in [5, 5.41) is 17.9. The highest BCUT2D eigenvalue weighted by atomic mass is 32.2. The number of thioether (sulfide) groups is 1. The second-order valence-corrected chi connectivity index (χ2v) is 8.49. The van der Waals surface area contributed by atoms with Gasteiger partial charge in [-0.05, 0) is 49.2 Å². The normalized spacial score (nSPS) is 13.2. The number of carbonyl (C=O) groups is 2. The standard InChI is InChI=1S/C23H25N5O4S/c1-32-17-10-8-16(9-11-17)24-20(30)15-33-23-25-22(18-6-2-3-7-19(18)29)26-28(23)14-21(31)27-12-4-5-13-27/h2-3,6-11,29H,4-5,12-15H2,1H3,(H,24,30). The van der Waals surface area contributed by atoms with Crippen LogP contribution in [0.4, 0.5) is 5.69 Å². The second kappa shape index (κ2) is 10.4. The van der Waals surface area contributed by atoms with Crippen LogP contribution >= 0.6 is 11.8 Å². The van der Waals surface area contributed by atoms with Gasteiger partial charge in [-0.15, -0.1) is 5.10 Å². The smallest absolute Gasteiger partial charge is 0.244 e. The molecule has 1 fully saturated rings. The van der Waals surface area contributed by atoms with Crippen molar-refractivity contribution in [3.63, 3.8) is 0 Å². The molecule has 10 heteroatoms. The summed E-state index contributed by atoms with van der Waals surface area (Å²) in [6, 6.07) is 13.8. The number of carbonyl (C=O) groups excluding carboxylic acids is 2. The van der Waals surface area contributed by atoms with Gasteiger partial charge in [-0.1, -0.05) is 23.9 Å². The second-order valence-electron chi connectivity index (χ2n) is 7.55. The average molecular weight is 468 g/mol. The van der Waals surface area contributed by atoms with Crippen molar-refractivity contribution in [1.82, 2.24) is 19.7 Å². The van der Waals surface area contributed by atoms with Crippen LogP contribution in [0.1, 0.15) is 12.8 Å². The average Bonchev–Trinajstić information content (AvgIpc) is 3.49. The van der Waals surface area contributed by atoms with Crippen molar-refractivity contribution in [2.24, 2.45) is 0 Å². The number of para-hydroxylation sites is 1. The monoisotopic (exact) mass is 467 g/mol. The highest BCUT2D eigenvalue weighted by molar-refractivity contribution is 7.99. The fraction of sp³-hybridized carbons (Fsp3) is 0.304. The molecule has 2 heterocycles. The number of aromatic hydroxyl groups is 1. The van der Waals surface area contributed by atoms with Crippen molar-refractivity contribution < 1.29 is 19.4 Å². The molecule has 0 spiro atoms. The zero-order valence-corrected chi connectivity index (χ0v) is 19.0. The number of rotatable bonds is 8. The van der Waals surface area contributed by atoms with E-state index < -0.39 is 0 Å². The first-order valence-corrected chi connectivity index (χ1v) is 11.6. The van der Waals surface area contributed by atoms with Gasteiger partial charge in [0.15, 0.2) is 11.0 Å². The Morgan fingerprint density at radius 3 is 2.55 bits per heavy atom. The molecule has 1 aliphatic rings. The van der Waals surface area contributed by atoms with Crippen LogP contribution in [0.2, 0.25) is 0 Å². The van der Waals surface area contributed by atoms with Gasteiger partial charge >= 0.3 is 0 Å². The van der Waals surface area contributed by atoms with E-state index in [1.165, 1.54) is 16.4 Å². The minimum atomic E-state index is -0.213. The maximum Gasteiger partial charge on any atom is 0.244 e. The summed E-state index contributed by atoms with van der Waals surface area (Å²) in [5.41, 5.74) is 1.12. The van der Waals surface area contributed by atoms with Crippen molar-refractivity contribution in [2.75, 3.05) is 31.3 Å². The van der Waals surface area contributed by atoms with E-state index in [1.807, 2.05) is 4.90 Å². The molecule has 3 aromatic rings. The van der Waals surface area contributed by atoms with E-state index in [0.717, 1.165) is 25.9 Å². The van der Waals surface area contributed by atoms with E-state index in [-0.39, 0.29) is 29.9 Å². The Balaban J connectivity index is 1.48. The summed E-state index contributed by atoms with van der Waals surface area (Å²) in [4.78, 5) is 31.5. The topological polar surface area (TPSA) is 110 Å². The Morgan fingerprint density at radius 1 is 1.12 bits per heavy atom. The third kappa shape index (κ3) is 5.64. The molecule has 2 aromatic carbocycles.